The minimum atomic E-state index is -0.0624. The number of morpholine rings is 1. The molecule has 0 unspecified atom stereocenters. The third-order valence-corrected chi connectivity index (χ3v) is 4.44. The molecule has 2 heterocycles. The molecule has 5 heteroatoms. The van der Waals surface area contributed by atoms with Gasteiger partial charge in [0.25, 0.3) is 5.91 Å². The number of nitrogens with zero attached hydrogens (tertiary/aromatic N) is 2. The quantitative estimate of drug-likeness (QED) is 0.910. The Balaban J connectivity index is 1.54. The van der Waals surface area contributed by atoms with Crippen molar-refractivity contribution in [2.24, 2.45) is 0 Å². The van der Waals surface area contributed by atoms with Crippen LogP contribution in [0.15, 0.2) is 42.6 Å². The number of rotatable bonds is 5. The van der Waals surface area contributed by atoms with Crippen LogP contribution in [0.25, 0.3) is 0 Å². The maximum Gasteiger partial charge on any atom is 0.251 e. The molecule has 1 amide bonds. The zero-order chi connectivity index (χ0) is 17.6. The number of anilines is 1. The summed E-state index contributed by atoms with van der Waals surface area (Å²) < 4.78 is 5.36. The Morgan fingerprint density at radius 2 is 1.88 bits per heavy atom. The smallest absolute Gasteiger partial charge is 0.251 e. The van der Waals surface area contributed by atoms with Gasteiger partial charge in [0, 0.05) is 31.4 Å². The Hall–Kier alpha value is -2.40. The van der Waals surface area contributed by atoms with Crippen molar-refractivity contribution in [2.45, 2.75) is 26.3 Å². The Labute approximate surface area is 149 Å². The fourth-order valence-corrected chi connectivity index (χ4v) is 2.80. The summed E-state index contributed by atoms with van der Waals surface area (Å²) in [5, 5.41) is 2.95. The zero-order valence-electron chi connectivity index (χ0n) is 14.9. The number of nitrogens with one attached hydrogen (secondary N) is 1. The first-order chi connectivity index (χ1) is 12.1. The highest BCUT2D eigenvalue weighted by molar-refractivity contribution is 5.94. The lowest BCUT2D eigenvalue weighted by molar-refractivity contribution is 0.0951. The monoisotopic (exact) mass is 339 g/mol. The topological polar surface area (TPSA) is 54.5 Å². The molecule has 0 atom stereocenters. The minimum Gasteiger partial charge on any atom is -0.378 e. The lowest BCUT2D eigenvalue weighted by Gasteiger charge is -2.27. The highest BCUT2D eigenvalue weighted by Gasteiger charge is 2.12. The maximum atomic E-state index is 12.3. The molecule has 2 aromatic rings. The van der Waals surface area contributed by atoms with Crippen molar-refractivity contribution in [2.75, 3.05) is 31.2 Å². The Morgan fingerprint density at radius 1 is 1.16 bits per heavy atom. The van der Waals surface area contributed by atoms with Crippen LogP contribution in [0, 0.1) is 0 Å². The van der Waals surface area contributed by atoms with E-state index in [1.165, 1.54) is 5.56 Å². The molecular weight excluding hydrogens is 314 g/mol. The van der Waals surface area contributed by atoms with Gasteiger partial charge in [0.1, 0.15) is 5.82 Å². The molecule has 0 radical (unpaired) electrons. The van der Waals surface area contributed by atoms with Crippen LogP contribution in [0.5, 0.6) is 0 Å². The summed E-state index contributed by atoms with van der Waals surface area (Å²) in [6.07, 6.45) is 1.83. The zero-order valence-corrected chi connectivity index (χ0v) is 14.9. The Morgan fingerprint density at radius 3 is 2.48 bits per heavy atom. The van der Waals surface area contributed by atoms with Crippen LogP contribution in [-0.2, 0) is 11.3 Å². The van der Waals surface area contributed by atoms with Gasteiger partial charge >= 0.3 is 0 Å². The first kappa shape index (κ1) is 17.4. The molecule has 132 valence electrons. The molecule has 1 saturated heterocycles. The van der Waals surface area contributed by atoms with E-state index in [0.717, 1.165) is 37.7 Å². The number of aromatic nitrogens is 1. The molecule has 1 aromatic heterocycles. The van der Waals surface area contributed by atoms with Crippen molar-refractivity contribution in [1.29, 1.82) is 0 Å². The molecule has 25 heavy (non-hydrogen) atoms. The van der Waals surface area contributed by atoms with Gasteiger partial charge in [-0.05, 0) is 35.2 Å². The average Bonchev–Trinajstić information content (AvgIpc) is 2.67. The van der Waals surface area contributed by atoms with Gasteiger partial charge in [0.2, 0.25) is 0 Å². The number of carbonyl (C=O) groups excluding carboxylic acids is 1. The first-order valence-electron chi connectivity index (χ1n) is 8.79. The fourth-order valence-electron chi connectivity index (χ4n) is 2.80. The number of hydrogen-bond donors (Lipinski definition) is 1. The molecule has 1 N–H and O–H groups in total. The lowest BCUT2D eigenvalue weighted by Crippen LogP contribution is -2.36. The van der Waals surface area contributed by atoms with Crippen LogP contribution < -0.4 is 10.2 Å². The molecule has 0 saturated carbocycles. The summed E-state index contributed by atoms with van der Waals surface area (Å²) in [6, 6.07) is 11.8. The molecule has 0 bridgehead atoms. The number of hydrogen-bond acceptors (Lipinski definition) is 4. The van der Waals surface area contributed by atoms with Gasteiger partial charge in [0.05, 0.1) is 13.2 Å². The molecule has 1 aromatic carbocycles. The van der Waals surface area contributed by atoms with E-state index in [1.807, 2.05) is 42.6 Å². The van der Waals surface area contributed by atoms with E-state index in [4.69, 9.17) is 4.74 Å². The van der Waals surface area contributed by atoms with E-state index >= 15 is 0 Å². The minimum absolute atomic E-state index is 0.0624. The molecule has 1 aliphatic rings. The van der Waals surface area contributed by atoms with Gasteiger partial charge in [-0.15, -0.1) is 0 Å². The SMILES string of the molecule is CC(C)c1ccc(C(=O)NCc2ccc(N3CCOCC3)nc2)cc1. The third kappa shape index (κ3) is 4.57. The van der Waals surface area contributed by atoms with Crippen molar-refractivity contribution < 1.29 is 9.53 Å². The average molecular weight is 339 g/mol. The summed E-state index contributed by atoms with van der Waals surface area (Å²) in [4.78, 5) is 19.0. The van der Waals surface area contributed by atoms with E-state index in [-0.39, 0.29) is 5.91 Å². The third-order valence-electron chi connectivity index (χ3n) is 4.44. The van der Waals surface area contributed by atoms with Crippen LogP contribution in [0.3, 0.4) is 0 Å². The Bertz CT molecular complexity index is 690. The van der Waals surface area contributed by atoms with Crippen LogP contribution in [-0.4, -0.2) is 37.2 Å². The van der Waals surface area contributed by atoms with Crippen LogP contribution >= 0.6 is 0 Å². The van der Waals surface area contributed by atoms with E-state index in [1.54, 1.807) is 0 Å². The largest absolute Gasteiger partial charge is 0.378 e. The summed E-state index contributed by atoms with van der Waals surface area (Å²) >= 11 is 0. The van der Waals surface area contributed by atoms with Gasteiger partial charge < -0.3 is 15.0 Å². The standard InChI is InChI=1S/C20H25N3O2/c1-15(2)17-4-6-18(7-5-17)20(24)22-14-16-3-8-19(21-13-16)23-9-11-25-12-10-23/h3-8,13,15H,9-12,14H2,1-2H3,(H,22,24). The predicted octanol–water partition coefficient (Wildman–Crippen LogP) is 2.97. The second kappa shape index (κ2) is 8.12. The van der Waals surface area contributed by atoms with E-state index in [9.17, 15) is 4.79 Å². The van der Waals surface area contributed by atoms with Crippen LogP contribution in [0.4, 0.5) is 5.82 Å². The fraction of sp³-hybridized carbons (Fsp3) is 0.400. The summed E-state index contributed by atoms with van der Waals surface area (Å²) in [5.74, 6) is 1.36. The number of carbonyl (C=O) groups is 1. The van der Waals surface area contributed by atoms with Crippen molar-refractivity contribution >= 4 is 11.7 Å². The molecular formula is C20H25N3O2. The van der Waals surface area contributed by atoms with E-state index < -0.39 is 0 Å². The Kier molecular flexibility index (Phi) is 5.66. The highest BCUT2D eigenvalue weighted by Crippen LogP contribution is 2.15. The highest BCUT2D eigenvalue weighted by atomic mass is 16.5. The summed E-state index contributed by atoms with van der Waals surface area (Å²) in [5.41, 5.74) is 2.91. The van der Waals surface area contributed by atoms with Gasteiger partial charge in [-0.2, -0.15) is 0 Å². The molecule has 0 aliphatic carbocycles. The first-order valence-corrected chi connectivity index (χ1v) is 8.79. The van der Waals surface area contributed by atoms with Crippen molar-refractivity contribution in [3.63, 3.8) is 0 Å². The van der Waals surface area contributed by atoms with Gasteiger partial charge in [-0.1, -0.05) is 32.0 Å². The summed E-state index contributed by atoms with van der Waals surface area (Å²) in [6.45, 7) is 7.99. The van der Waals surface area contributed by atoms with Crippen LogP contribution in [0.1, 0.15) is 41.3 Å². The molecule has 5 nitrogen and oxygen atoms in total. The number of ether oxygens (including phenoxy) is 1. The van der Waals surface area contributed by atoms with Gasteiger partial charge in [-0.25, -0.2) is 4.98 Å². The van der Waals surface area contributed by atoms with Crippen molar-refractivity contribution in [3.05, 3.63) is 59.3 Å². The molecule has 3 rings (SSSR count). The van der Waals surface area contributed by atoms with Gasteiger partial charge in [0.15, 0.2) is 0 Å². The normalized spacial score (nSPS) is 14.6. The van der Waals surface area contributed by atoms with Crippen LogP contribution in [0.2, 0.25) is 0 Å². The van der Waals surface area contributed by atoms with Crippen molar-refractivity contribution in [3.8, 4) is 0 Å². The predicted molar refractivity (Wildman–Crippen MR) is 99.0 cm³/mol. The number of amides is 1. The van der Waals surface area contributed by atoms with Gasteiger partial charge in [-0.3, -0.25) is 4.79 Å². The second-order valence-corrected chi connectivity index (χ2v) is 6.58. The molecule has 0 spiro atoms. The molecule has 1 aliphatic heterocycles. The number of pyridine rings is 1. The lowest BCUT2D eigenvalue weighted by atomic mass is 10.0. The van der Waals surface area contributed by atoms with E-state index in [0.29, 0.717) is 18.0 Å². The molecule has 1 fully saturated rings. The van der Waals surface area contributed by atoms with E-state index in [2.05, 4.69) is 29.0 Å². The maximum absolute atomic E-state index is 12.3. The van der Waals surface area contributed by atoms with Crippen molar-refractivity contribution in [1.82, 2.24) is 10.3 Å². The summed E-state index contributed by atoms with van der Waals surface area (Å²) in [7, 11) is 0. The number of benzene rings is 1. The second-order valence-electron chi connectivity index (χ2n) is 6.58.